The molecule has 0 radical (unpaired) electrons. The van der Waals surface area contributed by atoms with Gasteiger partial charge in [-0.05, 0) is 41.4 Å². The molecule has 0 unspecified atom stereocenters. The van der Waals surface area contributed by atoms with E-state index in [2.05, 4.69) is 48.4 Å². The second kappa shape index (κ2) is 8.01. The van der Waals surface area contributed by atoms with Gasteiger partial charge in [-0.25, -0.2) is 0 Å². The summed E-state index contributed by atoms with van der Waals surface area (Å²) in [6, 6.07) is 10.4. The SMILES string of the molecule is SCCCCSC=Cc1ccccc1. The van der Waals surface area contributed by atoms with Gasteiger partial charge in [0.15, 0.2) is 0 Å². The smallest absolute Gasteiger partial charge is 0.00257 e. The minimum Gasteiger partial charge on any atom is -0.179 e. The molecule has 1 aromatic rings. The molecular formula is C12H16S2. The maximum absolute atomic E-state index is 4.18. The summed E-state index contributed by atoms with van der Waals surface area (Å²) < 4.78 is 0. The molecule has 0 amide bonds. The molecule has 0 fully saturated rings. The minimum atomic E-state index is 1.00. The first-order valence-corrected chi connectivity index (χ1v) is 6.55. The second-order valence-electron chi connectivity index (χ2n) is 3.01. The van der Waals surface area contributed by atoms with Crippen LogP contribution in [-0.2, 0) is 0 Å². The normalized spacial score (nSPS) is 10.9. The highest BCUT2D eigenvalue weighted by atomic mass is 32.2. The maximum atomic E-state index is 4.18. The van der Waals surface area contributed by atoms with Crippen LogP contribution in [0.1, 0.15) is 18.4 Å². The largest absolute Gasteiger partial charge is 0.179 e. The Morgan fingerprint density at radius 1 is 1.14 bits per heavy atom. The summed E-state index contributed by atoms with van der Waals surface area (Å²) in [7, 11) is 0. The fourth-order valence-corrected chi connectivity index (χ4v) is 2.04. The van der Waals surface area contributed by atoms with E-state index in [1.54, 1.807) is 0 Å². The zero-order valence-corrected chi connectivity index (χ0v) is 9.94. The van der Waals surface area contributed by atoms with Crippen LogP contribution in [-0.4, -0.2) is 11.5 Å². The molecule has 0 aliphatic heterocycles. The van der Waals surface area contributed by atoms with Crippen LogP contribution in [0, 0.1) is 0 Å². The summed E-state index contributed by atoms with van der Waals surface area (Å²) in [4.78, 5) is 0. The van der Waals surface area contributed by atoms with E-state index in [0.717, 1.165) is 5.75 Å². The van der Waals surface area contributed by atoms with Crippen molar-refractivity contribution < 1.29 is 0 Å². The Morgan fingerprint density at radius 3 is 2.64 bits per heavy atom. The third kappa shape index (κ3) is 5.40. The summed E-state index contributed by atoms with van der Waals surface area (Å²) in [5.41, 5.74) is 1.27. The topological polar surface area (TPSA) is 0 Å². The highest BCUT2D eigenvalue weighted by molar-refractivity contribution is 8.02. The average Bonchev–Trinajstić information content (AvgIpc) is 2.25. The van der Waals surface area contributed by atoms with Crippen molar-refractivity contribution in [2.45, 2.75) is 12.8 Å². The number of hydrogen-bond acceptors (Lipinski definition) is 2. The van der Waals surface area contributed by atoms with E-state index in [1.165, 1.54) is 24.2 Å². The van der Waals surface area contributed by atoms with Crippen LogP contribution in [0.3, 0.4) is 0 Å². The zero-order chi connectivity index (χ0) is 10.1. The summed E-state index contributed by atoms with van der Waals surface area (Å²) >= 11 is 6.05. The molecule has 0 spiro atoms. The van der Waals surface area contributed by atoms with E-state index in [4.69, 9.17) is 0 Å². The number of thiol groups is 1. The fraction of sp³-hybridized carbons (Fsp3) is 0.333. The molecule has 0 bridgehead atoms. The van der Waals surface area contributed by atoms with E-state index >= 15 is 0 Å². The number of hydrogen-bond donors (Lipinski definition) is 1. The van der Waals surface area contributed by atoms with Crippen LogP contribution in [0.4, 0.5) is 0 Å². The third-order valence-corrected chi connectivity index (χ3v) is 3.00. The van der Waals surface area contributed by atoms with Crippen LogP contribution < -0.4 is 0 Å². The first kappa shape index (κ1) is 11.7. The quantitative estimate of drug-likeness (QED) is 0.560. The van der Waals surface area contributed by atoms with E-state index in [9.17, 15) is 0 Å². The molecule has 0 aliphatic rings. The Hall–Kier alpha value is -0.340. The number of thioether (sulfide) groups is 1. The summed E-state index contributed by atoms with van der Waals surface area (Å²) in [6.45, 7) is 0. The van der Waals surface area contributed by atoms with Crippen molar-refractivity contribution in [3.05, 3.63) is 41.3 Å². The highest BCUT2D eigenvalue weighted by Crippen LogP contribution is 2.10. The molecule has 1 rings (SSSR count). The van der Waals surface area contributed by atoms with E-state index in [-0.39, 0.29) is 0 Å². The summed E-state index contributed by atoms with van der Waals surface area (Å²) in [5, 5.41) is 2.17. The highest BCUT2D eigenvalue weighted by Gasteiger charge is 1.85. The predicted octanol–water partition coefficient (Wildman–Crippen LogP) is 4.10. The van der Waals surface area contributed by atoms with Crippen molar-refractivity contribution in [3.63, 3.8) is 0 Å². The Kier molecular flexibility index (Phi) is 6.71. The molecule has 0 aliphatic carbocycles. The molecule has 0 aromatic heterocycles. The molecule has 0 N–H and O–H groups in total. The predicted molar refractivity (Wildman–Crippen MR) is 71.0 cm³/mol. The first-order valence-electron chi connectivity index (χ1n) is 4.87. The lowest BCUT2D eigenvalue weighted by Gasteiger charge is -1.94. The van der Waals surface area contributed by atoms with Crippen LogP contribution in [0.5, 0.6) is 0 Å². The molecular weight excluding hydrogens is 208 g/mol. The van der Waals surface area contributed by atoms with Crippen molar-refractivity contribution in [2.75, 3.05) is 11.5 Å². The third-order valence-electron chi connectivity index (χ3n) is 1.83. The van der Waals surface area contributed by atoms with Gasteiger partial charge < -0.3 is 0 Å². The molecule has 1 aromatic carbocycles. The Bertz CT molecular complexity index is 254. The molecule has 0 nitrogen and oxygen atoms in total. The van der Waals surface area contributed by atoms with Gasteiger partial charge in [0.05, 0.1) is 0 Å². The Balaban J connectivity index is 2.15. The number of unbranched alkanes of at least 4 members (excludes halogenated alkanes) is 1. The minimum absolute atomic E-state index is 1.00. The van der Waals surface area contributed by atoms with Gasteiger partial charge in [0.25, 0.3) is 0 Å². The van der Waals surface area contributed by atoms with Gasteiger partial charge in [-0.15, -0.1) is 11.8 Å². The van der Waals surface area contributed by atoms with Gasteiger partial charge in [-0.2, -0.15) is 12.6 Å². The van der Waals surface area contributed by atoms with Crippen molar-refractivity contribution in [1.29, 1.82) is 0 Å². The molecule has 0 saturated heterocycles. The van der Waals surface area contributed by atoms with Crippen molar-refractivity contribution in [2.24, 2.45) is 0 Å². The van der Waals surface area contributed by atoms with Gasteiger partial charge >= 0.3 is 0 Å². The van der Waals surface area contributed by atoms with Crippen LogP contribution in [0.15, 0.2) is 35.7 Å². The number of benzene rings is 1. The van der Waals surface area contributed by atoms with Gasteiger partial charge in [-0.3, -0.25) is 0 Å². The monoisotopic (exact) mass is 224 g/mol. The van der Waals surface area contributed by atoms with Crippen LogP contribution >= 0.6 is 24.4 Å². The summed E-state index contributed by atoms with van der Waals surface area (Å²) in [6.07, 6.45) is 4.63. The van der Waals surface area contributed by atoms with Crippen molar-refractivity contribution in [1.82, 2.24) is 0 Å². The van der Waals surface area contributed by atoms with E-state index in [0.29, 0.717) is 0 Å². The van der Waals surface area contributed by atoms with Crippen LogP contribution in [0.25, 0.3) is 6.08 Å². The molecule has 0 saturated carbocycles. The van der Waals surface area contributed by atoms with Crippen LogP contribution in [0.2, 0.25) is 0 Å². The molecule has 0 atom stereocenters. The first-order chi connectivity index (χ1) is 6.93. The Labute approximate surface area is 96.2 Å². The summed E-state index contributed by atoms with van der Waals surface area (Å²) in [5.74, 6) is 2.20. The van der Waals surface area contributed by atoms with Gasteiger partial charge in [0.1, 0.15) is 0 Å². The lowest BCUT2D eigenvalue weighted by atomic mass is 10.2. The second-order valence-corrected chi connectivity index (χ2v) is 4.48. The number of rotatable bonds is 6. The van der Waals surface area contributed by atoms with Gasteiger partial charge in [0.2, 0.25) is 0 Å². The molecule has 2 heteroatoms. The average molecular weight is 224 g/mol. The molecule has 0 heterocycles. The lowest BCUT2D eigenvalue weighted by molar-refractivity contribution is 0.911. The van der Waals surface area contributed by atoms with Gasteiger partial charge in [-0.1, -0.05) is 30.3 Å². The van der Waals surface area contributed by atoms with Crippen molar-refractivity contribution in [3.8, 4) is 0 Å². The van der Waals surface area contributed by atoms with Crippen molar-refractivity contribution >= 4 is 30.5 Å². The van der Waals surface area contributed by atoms with E-state index in [1.807, 2.05) is 17.8 Å². The Morgan fingerprint density at radius 2 is 1.93 bits per heavy atom. The molecule has 14 heavy (non-hydrogen) atoms. The van der Waals surface area contributed by atoms with E-state index < -0.39 is 0 Å². The fourth-order valence-electron chi connectivity index (χ4n) is 1.06. The molecule has 76 valence electrons. The maximum Gasteiger partial charge on any atom is -0.00257 e. The lowest BCUT2D eigenvalue weighted by Crippen LogP contribution is -1.78. The standard InChI is InChI=1S/C12H16S2/c13-9-4-5-10-14-11-8-12-6-2-1-3-7-12/h1-3,6-8,11,13H,4-5,9-10H2. The van der Waals surface area contributed by atoms with Gasteiger partial charge in [0, 0.05) is 0 Å². The zero-order valence-electron chi connectivity index (χ0n) is 8.23.